The maximum atomic E-state index is 13.7. The third-order valence-electron chi connectivity index (χ3n) is 8.77. The summed E-state index contributed by atoms with van der Waals surface area (Å²) in [5, 5.41) is 9.38. The van der Waals surface area contributed by atoms with Crippen molar-refractivity contribution in [3.63, 3.8) is 0 Å². The van der Waals surface area contributed by atoms with Gasteiger partial charge in [-0.25, -0.2) is 0 Å². The van der Waals surface area contributed by atoms with E-state index in [0.717, 1.165) is 11.6 Å². The van der Waals surface area contributed by atoms with Gasteiger partial charge in [0.25, 0.3) is 0 Å². The lowest BCUT2D eigenvalue weighted by Crippen LogP contribution is -2.34. The number of carbonyl (C=O) groups is 1. The van der Waals surface area contributed by atoms with Crippen LogP contribution in [0.3, 0.4) is 0 Å². The van der Waals surface area contributed by atoms with Crippen molar-refractivity contribution in [2.24, 2.45) is 11.8 Å². The fourth-order valence-corrected chi connectivity index (χ4v) is 6.21. The van der Waals surface area contributed by atoms with Gasteiger partial charge in [-0.1, -0.05) is 19.1 Å². The molecule has 4 rings (SSSR count). The van der Waals surface area contributed by atoms with Gasteiger partial charge in [-0.2, -0.15) is 26.3 Å². The molecule has 0 bridgehead atoms. The molecule has 1 aliphatic rings. The topological polar surface area (TPSA) is 53.0 Å². The smallest absolute Gasteiger partial charge is 0.481 e. The highest BCUT2D eigenvalue weighted by atomic mass is 35.5. The molecule has 5 nitrogen and oxygen atoms in total. The van der Waals surface area contributed by atoms with Gasteiger partial charge in [0.1, 0.15) is 5.75 Å². The largest absolute Gasteiger partial charge is 0.573 e. The van der Waals surface area contributed by atoms with Crippen LogP contribution in [0.2, 0.25) is 0 Å². The Morgan fingerprint density at radius 1 is 0.760 bits per heavy atom. The van der Waals surface area contributed by atoms with Crippen molar-refractivity contribution in [2.75, 3.05) is 22.9 Å². The fourth-order valence-electron chi connectivity index (χ4n) is 6.21. The fraction of sp³-hybridized carbons (Fsp3) is 0.457. The lowest BCUT2D eigenvalue weighted by molar-refractivity contribution is -0.274. The molecule has 15 heteroatoms. The van der Waals surface area contributed by atoms with Crippen molar-refractivity contribution in [2.45, 2.75) is 77.8 Å². The van der Waals surface area contributed by atoms with E-state index in [2.05, 4.69) is 4.74 Å². The van der Waals surface area contributed by atoms with Crippen molar-refractivity contribution in [1.29, 1.82) is 0 Å². The van der Waals surface area contributed by atoms with E-state index in [1.165, 1.54) is 17.0 Å². The Bertz CT molecular complexity index is 1540. The Hall–Kier alpha value is -3.81. The number of ether oxygens (including phenoxy) is 1. The molecule has 50 heavy (non-hydrogen) atoms. The monoisotopic (exact) mass is 740 g/mol. The van der Waals surface area contributed by atoms with Crippen LogP contribution < -0.4 is 14.5 Å². The zero-order chi connectivity index (χ0) is 36.1. The van der Waals surface area contributed by atoms with E-state index in [1.54, 1.807) is 24.3 Å². The molecule has 0 aromatic heterocycles. The van der Waals surface area contributed by atoms with Crippen LogP contribution >= 0.6 is 12.4 Å². The van der Waals surface area contributed by atoms with Gasteiger partial charge in [0.05, 0.1) is 17.0 Å². The number of aliphatic carboxylic acids is 1. The second kappa shape index (κ2) is 16.5. The van der Waals surface area contributed by atoms with E-state index in [4.69, 9.17) is 0 Å². The summed E-state index contributed by atoms with van der Waals surface area (Å²) < 4.78 is 126. The SMILES string of the molecule is CCc1ccc(N(Cc2cc(C(F)(F)F)cc(C(F)(F)F)c2)Cc2cc(OC(F)(F)F)ccc2N(CC)C[C@H]2CC[C@H](C(=O)O)CC2)cc1.Cl. The van der Waals surface area contributed by atoms with Crippen molar-refractivity contribution >= 4 is 29.8 Å². The van der Waals surface area contributed by atoms with Crippen LogP contribution in [0.25, 0.3) is 0 Å². The van der Waals surface area contributed by atoms with Crippen LogP contribution in [0.5, 0.6) is 5.75 Å². The van der Waals surface area contributed by atoms with E-state index in [-0.39, 0.29) is 36.5 Å². The molecular weight excluding hydrogens is 703 g/mol. The maximum Gasteiger partial charge on any atom is 0.573 e. The van der Waals surface area contributed by atoms with Crippen LogP contribution in [0.4, 0.5) is 50.9 Å². The molecule has 0 heterocycles. The summed E-state index contributed by atoms with van der Waals surface area (Å²) in [5.74, 6) is -1.74. The van der Waals surface area contributed by atoms with Crippen LogP contribution in [0.1, 0.15) is 67.3 Å². The lowest BCUT2D eigenvalue weighted by atomic mass is 9.81. The summed E-state index contributed by atoms with van der Waals surface area (Å²) in [6, 6.07) is 11.9. The van der Waals surface area contributed by atoms with Gasteiger partial charge in [-0.15, -0.1) is 25.6 Å². The standard InChI is InChI=1S/C35H37F9N2O3.ClH/c1-3-22-7-11-29(12-8-22)46(20-24-15-27(33(36,37)38)18-28(16-24)34(39,40)41)21-26-17-30(49-35(42,43)44)13-14-31(26)45(4-2)19-23-5-9-25(10-6-23)32(47)48;/h7-8,11-18,23,25H,3-6,9-10,19-21H2,1-2H3,(H,47,48);1H/t23-,25-;. The summed E-state index contributed by atoms with van der Waals surface area (Å²) in [4.78, 5) is 14.9. The number of hydrogen-bond donors (Lipinski definition) is 1. The minimum atomic E-state index is -5.06. The Morgan fingerprint density at radius 3 is 1.82 bits per heavy atom. The molecule has 0 amide bonds. The molecule has 1 aliphatic carbocycles. The van der Waals surface area contributed by atoms with Crippen LogP contribution in [-0.2, 0) is 36.7 Å². The van der Waals surface area contributed by atoms with E-state index in [1.807, 2.05) is 18.7 Å². The van der Waals surface area contributed by atoms with Crippen LogP contribution in [-0.4, -0.2) is 30.5 Å². The molecule has 0 aliphatic heterocycles. The highest BCUT2D eigenvalue weighted by Crippen LogP contribution is 2.38. The van der Waals surface area contributed by atoms with E-state index >= 15 is 0 Å². The summed E-state index contributed by atoms with van der Waals surface area (Å²) in [5.41, 5.74) is -1.11. The zero-order valence-electron chi connectivity index (χ0n) is 27.3. The Morgan fingerprint density at radius 2 is 1.34 bits per heavy atom. The van der Waals surface area contributed by atoms with E-state index in [9.17, 15) is 49.4 Å². The number of anilines is 2. The molecule has 0 atom stereocenters. The Labute approximate surface area is 290 Å². The third-order valence-corrected chi connectivity index (χ3v) is 8.77. The number of aryl methyl sites for hydroxylation is 1. The van der Waals surface area contributed by atoms with Crippen molar-refractivity contribution in [3.05, 3.63) is 88.5 Å². The highest BCUT2D eigenvalue weighted by Gasteiger charge is 2.37. The number of hydrogen-bond acceptors (Lipinski definition) is 4. The summed E-state index contributed by atoms with van der Waals surface area (Å²) >= 11 is 0. The predicted molar refractivity (Wildman–Crippen MR) is 173 cm³/mol. The molecule has 0 radical (unpaired) electrons. The number of nitrogens with zero attached hydrogens (tertiary/aromatic N) is 2. The Kier molecular flexibility index (Phi) is 13.4. The first-order valence-corrected chi connectivity index (χ1v) is 15.8. The van der Waals surface area contributed by atoms with Gasteiger partial charge in [0.2, 0.25) is 0 Å². The molecule has 1 saturated carbocycles. The van der Waals surface area contributed by atoms with Crippen molar-refractivity contribution in [1.82, 2.24) is 0 Å². The molecule has 0 spiro atoms. The first kappa shape index (κ1) is 40.6. The first-order valence-electron chi connectivity index (χ1n) is 15.8. The molecule has 1 fully saturated rings. The van der Waals surface area contributed by atoms with Gasteiger partial charge in [-0.05, 0) is 110 Å². The predicted octanol–water partition coefficient (Wildman–Crippen LogP) is 10.5. The number of benzene rings is 3. The second-order valence-corrected chi connectivity index (χ2v) is 12.2. The van der Waals surface area contributed by atoms with Gasteiger partial charge in [-0.3, -0.25) is 4.79 Å². The molecule has 3 aromatic carbocycles. The van der Waals surface area contributed by atoms with Gasteiger partial charge in [0.15, 0.2) is 0 Å². The molecule has 276 valence electrons. The average Bonchev–Trinajstić information content (AvgIpc) is 3.02. The lowest BCUT2D eigenvalue weighted by Gasteiger charge is -2.34. The molecular formula is C35H38ClF9N2O3. The van der Waals surface area contributed by atoms with Gasteiger partial charge >= 0.3 is 24.7 Å². The summed E-state index contributed by atoms with van der Waals surface area (Å²) in [6.07, 6.45) is -12.3. The first-order chi connectivity index (χ1) is 22.9. The Balaban J connectivity index is 0.00000676. The maximum absolute atomic E-state index is 13.7. The number of halogens is 10. The third kappa shape index (κ3) is 11.1. The van der Waals surface area contributed by atoms with Crippen molar-refractivity contribution < 1.29 is 54.2 Å². The highest BCUT2D eigenvalue weighted by molar-refractivity contribution is 5.85. The minimum Gasteiger partial charge on any atom is -0.481 e. The number of carboxylic acids is 1. The second-order valence-electron chi connectivity index (χ2n) is 12.2. The molecule has 1 N–H and O–H groups in total. The number of carboxylic acid groups (broad SMARTS) is 1. The molecule has 0 unspecified atom stereocenters. The van der Waals surface area contributed by atoms with Crippen LogP contribution in [0, 0.1) is 11.8 Å². The van der Waals surface area contributed by atoms with Crippen LogP contribution in [0.15, 0.2) is 60.7 Å². The summed E-state index contributed by atoms with van der Waals surface area (Å²) in [7, 11) is 0. The minimum absolute atomic E-state index is 0. The zero-order valence-corrected chi connectivity index (χ0v) is 28.1. The van der Waals surface area contributed by atoms with E-state index in [0.29, 0.717) is 74.3 Å². The number of rotatable bonds is 12. The normalized spacial score (nSPS) is 16.8. The molecule has 3 aromatic rings. The van der Waals surface area contributed by atoms with Gasteiger partial charge < -0.3 is 19.6 Å². The average molecular weight is 741 g/mol. The summed E-state index contributed by atoms with van der Waals surface area (Å²) in [6.45, 7) is 3.99. The van der Waals surface area contributed by atoms with Gasteiger partial charge in [0, 0.05) is 37.6 Å². The quantitative estimate of drug-likeness (QED) is 0.187. The molecule has 0 saturated heterocycles. The van der Waals surface area contributed by atoms with Crippen molar-refractivity contribution in [3.8, 4) is 5.75 Å². The van der Waals surface area contributed by atoms with E-state index < -0.39 is 54.0 Å². The number of alkyl halides is 9.